The van der Waals surface area contributed by atoms with Crippen LogP contribution in [-0.2, 0) is 13.0 Å². The summed E-state index contributed by atoms with van der Waals surface area (Å²) in [6, 6.07) is 17.0. The molecule has 1 aliphatic heterocycles. The summed E-state index contributed by atoms with van der Waals surface area (Å²) < 4.78 is 3.40. The number of benzene rings is 2. The molecule has 1 aliphatic rings. The smallest absolute Gasteiger partial charge is 0.162 e. The highest BCUT2D eigenvalue weighted by Gasteiger charge is 2.19. The molecule has 2 heterocycles. The van der Waals surface area contributed by atoms with Crippen LogP contribution < -0.4 is 0 Å². The van der Waals surface area contributed by atoms with Gasteiger partial charge >= 0.3 is 0 Å². The zero-order chi connectivity index (χ0) is 22.5. The maximum atomic E-state index is 12.3. The molecule has 0 unspecified atom stereocenters. The number of ketones is 1. The SMILES string of the molecule is CC(=O)c1c(C)n(CCCN2CCCN(CCc3ccccc3)CC2)c2c(Br)cccc12. The fourth-order valence-corrected chi connectivity index (χ4v) is 5.65. The number of aromatic nitrogens is 1. The summed E-state index contributed by atoms with van der Waals surface area (Å²) in [7, 11) is 0. The van der Waals surface area contributed by atoms with Crippen molar-refractivity contribution in [3.63, 3.8) is 0 Å². The zero-order valence-corrected chi connectivity index (χ0v) is 20.9. The Morgan fingerprint density at radius 1 is 0.906 bits per heavy atom. The van der Waals surface area contributed by atoms with Crippen LogP contribution in [0, 0.1) is 6.92 Å². The lowest BCUT2D eigenvalue weighted by Gasteiger charge is -2.22. The van der Waals surface area contributed by atoms with Crippen LogP contribution in [0.25, 0.3) is 10.9 Å². The average Bonchev–Trinajstić information content (AvgIpc) is 2.92. The van der Waals surface area contributed by atoms with Crippen molar-refractivity contribution < 1.29 is 4.79 Å². The van der Waals surface area contributed by atoms with Crippen molar-refractivity contribution >= 4 is 32.6 Å². The van der Waals surface area contributed by atoms with E-state index >= 15 is 0 Å². The van der Waals surface area contributed by atoms with Gasteiger partial charge in [-0.2, -0.15) is 0 Å². The highest BCUT2D eigenvalue weighted by molar-refractivity contribution is 9.10. The summed E-state index contributed by atoms with van der Waals surface area (Å²) in [5.41, 5.74) is 4.53. The molecule has 0 radical (unpaired) electrons. The van der Waals surface area contributed by atoms with Crippen molar-refractivity contribution in [3.05, 3.63) is 69.8 Å². The maximum Gasteiger partial charge on any atom is 0.162 e. The number of para-hydroxylation sites is 1. The Bertz CT molecular complexity index is 1060. The van der Waals surface area contributed by atoms with Crippen LogP contribution in [0.15, 0.2) is 53.0 Å². The van der Waals surface area contributed by atoms with Gasteiger partial charge in [0.15, 0.2) is 5.78 Å². The first-order valence-corrected chi connectivity index (χ1v) is 12.6. The Morgan fingerprint density at radius 2 is 1.62 bits per heavy atom. The molecular formula is C27H34BrN3O. The Kier molecular flexibility index (Phi) is 7.82. The van der Waals surface area contributed by atoms with Crippen molar-refractivity contribution in [2.75, 3.05) is 39.3 Å². The summed E-state index contributed by atoms with van der Waals surface area (Å²) in [5, 5.41) is 1.06. The average molecular weight is 496 g/mol. The largest absolute Gasteiger partial charge is 0.343 e. The highest BCUT2D eigenvalue weighted by atomic mass is 79.9. The first-order chi connectivity index (χ1) is 15.5. The molecule has 0 atom stereocenters. The van der Waals surface area contributed by atoms with E-state index in [4.69, 9.17) is 0 Å². The van der Waals surface area contributed by atoms with Gasteiger partial charge in [0.1, 0.15) is 0 Å². The van der Waals surface area contributed by atoms with Gasteiger partial charge in [-0.05, 0) is 80.3 Å². The third kappa shape index (κ3) is 5.33. The molecule has 0 amide bonds. The zero-order valence-electron chi connectivity index (χ0n) is 19.3. The minimum Gasteiger partial charge on any atom is -0.343 e. The lowest BCUT2D eigenvalue weighted by molar-refractivity contribution is 0.101. The molecule has 1 saturated heterocycles. The number of carbonyl (C=O) groups excluding carboxylic acids is 1. The van der Waals surface area contributed by atoms with Gasteiger partial charge in [0.2, 0.25) is 0 Å². The summed E-state index contributed by atoms with van der Waals surface area (Å²) in [5.74, 6) is 0.146. The fraction of sp³-hybridized carbons (Fsp3) is 0.444. The van der Waals surface area contributed by atoms with Crippen LogP contribution in [0.5, 0.6) is 0 Å². The van der Waals surface area contributed by atoms with Gasteiger partial charge in [-0.3, -0.25) is 4.79 Å². The lowest BCUT2D eigenvalue weighted by atomic mass is 10.1. The quantitative estimate of drug-likeness (QED) is 0.383. The minimum atomic E-state index is 0.146. The van der Waals surface area contributed by atoms with E-state index in [2.05, 4.69) is 79.7 Å². The number of hydrogen-bond donors (Lipinski definition) is 0. The maximum absolute atomic E-state index is 12.3. The number of aryl methyl sites for hydroxylation is 1. The number of hydrogen-bond acceptors (Lipinski definition) is 3. The molecule has 3 aromatic rings. The standard InChI is InChI=1S/C27H34BrN3O/c1-21-26(22(2)32)24-11-6-12-25(28)27(24)31(21)17-8-16-29-14-7-15-30(20-19-29)18-13-23-9-4-3-5-10-23/h3-6,9-12H,7-8,13-20H2,1-2H3. The molecule has 1 aromatic heterocycles. The van der Waals surface area contributed by atoms with Crippen molar-refractivity contribution in [1.82, 2.24) is 14.4 Å². The number of nitrogens with zero attached hydrogens (tertiary/aromatic N) is 3. The van der Waals surface area contributed by atoms with E-state index < -0.39 is 0 Å². The van der Waals surface area contributed by atoms with E-state index in [-0.39, 0.29) is 5.78 Å². The van der Waals surface area contributed by atoms with Gasteiger partial charge in [-0.25, -0.2) is 0 Å². The first-order valence-electron chi connectivity index (χ1n) is 11.8. The third-order valence-electron chi connectivity index (χ3n) is 6.74. The third-order valence-corrected chi connectivity index (χ3v) is 7.38. The molecule has 0 spiro atoms. The Labute approximate surface area is 200 Å². The topological polar surface area (TPSA) is 28.5 Å². The van der Waals surface area contributed by atoms with Crippen molar-refractivity contribution in [2.24, 2.45) is 0 Å². The molecule has 0 aliphatic carbocycles. The predicted molar refractivity (Wildman–Crippen MR) is 137 cm³/mol. The summed E-state index contributed by atoms with van der Waals surface area (Å²) in [6.07, 6.45) is 3.46. The van der Waals surface area contributed by atoms with Crippen LogP contribution in [0.1, 0.15) is 41.4 Å². The normalized spacial score (nSPS) is 15.8. The monoisotopic (exact) mass is 495 g/mol. The van der Waals surface area contributed by atoms with Gasteiger partial charge in [0.05, 0.1) is 5.52 Å². The molecule has 32 heavy (non-hydrogen) atoms. The number of Topliss-reactive ketones (excluding diaryl/α,β-unsaturated/α-hetero) is 1. The second kappa shape index (κ2) is 10.8. The van der Waals surface area contributed by atoms with E-state index in [0.29, 0.717) is 0 Å². The molecule has 5 heteroatoms. The van der Waals surface area contributed by atoms with Crippen LogP contribution in [0.3, 0.4) is 0 Å². The Hall–Kier alpha value is -1.95. The van der Waals surface area contributed by atoms with Gasteiger partial charge in [0, 0.05) is 47.3 Å². The van der Waals surface area contributed by atoms with Gasteiger partial charge in [0.25, 0.3) is 0 Å². The number of rotatable bonds is 8. The highest BCUT2D eigenvalue weighted by Crippen LogP contribution is 2.32. The predicted octanol–water partition coefficient (Wildman–Crippen LogP) is 5.56. The van der Waals surface area contributed by atoms with Crippen LogP contribution in [-0.4, -0.2) is 59.4 Å². The Morgan fingerprint density at radius 3 is 2.34 bits per heavy atom. The number of halogens is 1. The van der Waals surface area contributed by atoms with Crippen molar-refractivity contribution in [1.29, 1.82) is 0 Å². The van der Waals surface area contributed by atoms with Crippen LogP contribution >= 0.6 is 15.9 Å². The first kappa shape index (κ1) is 23.2. The molecular weight excluding hydrogens is 462 g/mol. The van der Waals surface area contributed by atoms with Crippen molar-refractivity contribution in [3.8, 4) is 0 Å². The van der Waals surface area contributed by atoms with E-state index in [1.807, 2.05) is 6.07 Å². The van der Waals surface area contributed by atoms with Crippen LogP contribution in [0.4, 0.5) is 0 Å². The molecule has 170 valence electrons. The molecule has 2 aromatic carbocycles. The van der Waals surface area contributed by atoms with Gasteiger partial charge < -0.3 is 14.4 Å². The number of fused-ring (bicyclic) bond motifs is 1. The van der Waals surface area contributed by atoms with Gasteiger partial charge in [-0.1, -0.05) is 42.5 Å². The molecule has 0 saturated carbocycles. The molecule has 0 bridgehead atoms. The molecule has 4 nitrogen and oxygen atoms in total. The summed E-state index contributed by atoms with van der Waals surface area (Å²) >= 11 is 3.71. The van der Waals surface area contributed by atoms with E-state index in [1.54, 1.807) is 6.92 Å². The van der Waals surface area contributed by atoms with Crippen molar-refractivity contribution in [2.45, 2.75) is 39.7 Å². The van der Waals surface area contributed by atoms with E-state index in [9.17, 15) is 4.79 Å². The molecule has 1 fully saturated rings. The molecule has 0 N–H and O–H groups in total. The second-order valence-corrected chi connectivity index (χ2v) is 9.78. The van der Waals surface area contributed by atoms with Crippen LogP contribution in [0.2, 0.25) is 0 Å². The molecule has 4 rings (SSSR count). The lowest BCUT2D eigenvalue weighted by Crippen LogP contribution is -2.32. The van der Waals surface area contributed by atoms with E-state index in [1.165, 1.54) is 25.1 Å². The van der Waals surface area contributed by atoms with E-state index in [0.717, 1.165) is 72.2 Å². The second-order valence-electron chi connectivity index (χ2n) is 8.93. The Balaban J connectivity index is 1.33. The summed E-state index contributed by atoms with van der Waals surface area (Å²) in [4.78, 5) is 17.5. The minimum absolute atomic E-state index is 0.146. The van der Waals surface area contributed by atoms with Gasteiger partial charge in [-0.15, -0.1) is 0 Å². The summed E-state index contributed by atoms with van der Waals surface area (Å²) in [6.45, 7) is 11.6. The fourth-order valence-electron chi connectivity index (χ4n) is 5.07. The number of carbonyl (C=O) groups is 1.